The molecular formula is C18H20BrNO3S. The number of imide groups is 1. The minimum atomic E-state index is -0.341. The van der Waals surface area contributed by atoms with Crippen molar-refractivity contribution >= 4 is 44.9 Å². The molecule has 0 bridgehead atoms. The highest BCUT2D eigenvalue weighted by molar-refractivity contribution is 9.10. The van der Waals surface area contributed by atoms with Gasteiger partial charge in [0.15, 0.2) is 0 Å². The van der Waals surface area contributed by atoms with Gasteiger partial charge in [-0.2, -0.15) is 0 Å². The summed E-state index contributed by atoms with van der Waals surface area (Å²) in [6, 6.07) is 5.71. The van der Waals surface area contributed by atoms with E-state index in [9.17, 15) is 9.59 Å². The molecule has 2 fully saturated rings. The first-order valence-electron chi connectivity index (χ1n) is 8.12. The van der Waals surface area contributed by atoms with Crippen molar-refractivity contribution in [2.75, 3.05) is 6.61 Å². The van der Waals surface area contributed by atoms with Gasteiger partial charge in [0.25, 0.3) is 11.1 Å². The van der Waals surface area contributed by atoms with E-state index in [-0.39, 0.29) is 16.6 Å². The largest absolute Gasteiger partial charge is 0.492 e. The van der Waals surface area contributed by atoms with Crippen LogP contribution in [0.3, 0.4) is 0 Å². The smallest absolute Gasteiger partial charge is 0.290 e. The summed E-state index contributed by atoms with van der Waals surface area (Å²) in [4.78, 5) is 23.2. The first kappa shape index (κ1) is 17.5. The number of carbonyl (C=O) groups is 2. The Morgan fingerprint density at radius 3 is 2.67 bits per heavy atom. The maximum Gasteiger partial charge on any atom is 0.290 e. The highest BCUT2D eigenvalue weighted by atomic mass is 79.9. The predicted molar refractivity (Wildman–Crippen MR) is 99.9 cm³/mol. The van der Waals surface area contributed by atoms with Gasteiger partial charge in [-0.1, -0.05) is 32.3 Å². The summed E-state index contributed by atoms with van der Waals surface area (Å²) < 4.78 is 6.89. The van der Waals surface area contributed by atoms with Crippen molar-refractivity contribution in [1.29, 1.82) is 0 Å². The molecule has 0 atom stereocenters. The van der Waals surface area contributed by atoms with E-state index in [1.807, 2.05) is 18.2 Å². The lowest BCUT2D eigenvalue weighted by molar-refractivity contribution is -0.115. The Morgan fingerprint density at radius 2 is 2.04 bits per heavy atom. The molecule has 1 aliphatic heterocycles. The molecule has 0 unspecified atom stereocenters. The number of hydrogen-bond acceptors (Lipinski definition) is 4. The molecule has 2 amide bonds. The molecule has 1 saturated heterocycles. The predicted octanol–water partition coefficient (Wildman–Crippen LogP) is 5.12. The highest BCUT2D eigenvalue weighted by Gasteiger charge is 2.28. The van der Waals surface area contributed by atoms with Gasteiger partial charge in [-0.25, -0.2) is 0 Å². The van der Waals surface area contributed by atoms with Gasteiger partial charge in [0.05, 0.1) is 16.0 Å². The Hall–Kier alpha value is -1.27. The zero-order valence-electron chi connectivity index (χ0n) is 13.6. The maximum atomic E-state index is 11.6. The molecule has 3 rings (SSSR count). The van der Waals surface area contributed by atoms with E-state index in [2.05, 4.69) is 28.2 Å². The second-order valence-corrected chi connectivity index (χ2v) is 8.57. The zero-order chi connectivity index (χ0) is 17.2. The minimum absolute atomic E-state index is 0.261. The molecule has 6 heteroatoms. The van der Waals surface area contributed by atoms with Gasteiger partial charge in [0.2, 0.25) is 0 Å². The molecule has 1 N–H and O–H groups in total. The summed E-state index contributed by atoms with van der Waals surface area (Å²) in [6.07, 6.45) is 8.04. The monoisotopic (exact) mass is 409 g/mol. The van der Waals surface area contributed by atoms with Crippen molar-refractivity contribution in [2.24, 2.45) is 5.41 Å². The number of halogens is 1. The fourth-order valence-electron chi connectivity index (χ4n) is 3.10. The molecule has 1 aliphatic carbocycles. The van der Waals surface area contributed by atoms with Crippen LogP contribution < -0.4 is 10.1 Å². The van der Waals surface area contributed by atoms with Crippen LogP contribution in [0.5, 0.6) is 5.75 Å². The Balaban J connectivity index is 1.67. The third-order valence-electron chi connectivity index (χ3n) is 4.53. The molecule has 128 valence electrons. The Morgan fingerprint density at radius 1 is 1.29 bits per heavy atom. The van der Waals surface area contributed by atoms with E-state index in [0.717, 1.165) is 34.2 Å². The van der Waals surface area contributed by atoms with Crippen LogP contribution in [0.4, 0.5) is 4.79 Å². The Bertz CT molecular complexity index is 696. The van der Waals surface area contributed by atoms with Crippen molar-refractivity contribution in [3.8, 4) is 5.75 Å². The number of hydrogen-bond donors (Lipinski definition) is 1. The van der Waals surface area contributed by atoms with E-state index >= 15 is 0 Å². The van der Waals surface area contributed by atoms with Crippen LogP contribution in [0, 0.1) is 5.41 Å². The molecule has 0 spiro atoms. The average molecular weight is 410 g/mol. The molecule has 4 nitrogen and oxygen atoms in total. The number of thioether (sulfide) groups is 1. The summed E-state index contributed by atoms with van der Waals surface area (Å²) in [5.74, 6) is 0.468. The number of rotatable bonds is 4. The highest BCUT2D eigenvalue weighted by Crippen LogP contribution is 2.37. The quantitative estimate of drug-likeness (QED) is 0.700. The van der Waals surface area contributed by atoms with Gasteiger partial charge in [-0.3, -0.25) is 14.9 Å². The fourth-order valence-corrected chi connectivity index (χ4v) is 4.29. The first-order valence-corrected chi connectivity index (χ1v) is 9.73. The number of nitrogens with one attached hydrogen (secondary N) is 1. The van der Waals surface area contributed by atoms with Crippen LogP contribution in [0.1, 0.15) is 44.6 Å². The van der Waals surface area contributed by atoms with E-state index in [4.69, 9.17) is 4.74 Å². The minimum Gasteiger partial charge on any atom is -0.492 e. The molecule has 24 heavy (non-hydrogen) atoms. The van der Waals surface area contributed by atoms with Gasteiger partial charge in [0, 0.05) is 5.41 Å². The van der Waals surface area contributed by atoms with Crippen LogP contribution >= 0.6 is 27.7 Å². The maximum absolute atomic E-state index is 11.6. The molecule has 2 aliphatic rings. The average Bonchev–Trinajstić information content (AvgIpc) is 2.85. The van der Waals surface area contributed by atoms with Gasteiger partial charge in [0.1, 0.15) is 5.75 Å². The zero-order valence-corrected chi connectivity index (χ0v) is 16.0. The fraction of sp³-hybridized carbons (Fsp3) is 0.444. The standard InChI is InChI=1S/C18H20BrNO3S/c1-18(7-3-2-4-8-18)11-23-14-6-5-12(9-13(14)19)10-15-16(21)20-17(22)24-15/h5-6,9-10H,2-4,7-8,11H2,1H3,(H,20,21,22)/b15-10+. The van der Waals surface area contributed by atoms with Crippen molar-refractivity contribution in [3.05, 3.63) is 33.1 Å². The van der Waals surface area contributed by atoms with Crippen molar-refractivity contribution in [2.45, 2.75) is 39.0 Å². The van der Waals surface area contributed by atoms with Crippen LogP contribution in [0.2, 0.25) is 0 Å². The SMILES string of the molecule is CC1(COc2ccc(/C=C3/SC(=O)NC3=O)cc2Br)CCCCC1. The molecular weight excluding hydrogens is 390 g/mol. The van der Waals surface area contributed by atoms with Gasteiger partial charge >= 0.3 is 0 Å². The summed E-state index contributed by atoms with van der Waals surface area (Å²) in [6.45, 7) is 3.02. The van der Waals surface area contributed by atoms with Gasteiger partial charge in [-0.15, -0.1) is 0 Å². The van der Waals surface area contributed by atoms with E-state index in [1.165, 1.54) is 32.1 Å². The number of benzene rings is 1. The summed E-state index contributed by atoms with van der Waals surface area (Å²) in [7, 11) is 0. The molecule has 1 aromatic carbocycles. The topological polar surface area (TPSA) is 55.4 Å². The lowest BCUT2D eigenvalue weighted by Crippen LogP contribution is -2.27. The van der Waals surface area contributed by atoms with Crippen molar-refractivity contribution in [3.63, 3.8) is 0 Å². The normalized spacial score (nSPS) is 21.8. The molecule has 1 saturated carbocycles. The second kappa shape index (κ2) is 7.31. The van der Waals surface area contributed by atoms with Crippen LogP contribution in [-0.4, -0.2) is 17.8 Å². The van der Waals surface area contributed by atoms with Crippen LogP contribution in [0.15, 0.2) is 27.6 Å². The van der Waals surface area contributed by atoms with Crippen molar-refractivity contribution < 1.29 is 14.3 Å². The molecule has 1 aromatic rings. The lowest BCUT2D eigenvalue weighted by atomic mass is 9.76. The van der Waals surface area contributed by atoms with Crippen LogP contribution in [0.25, 0.3) is 6.08 Å². The summed E-state index contributed by atoms with van der Waals surface area (Å²) in [5, 5.41) is 1.93. The lowest BCUT2D eigenvalue weighted by Gasteiger charge is -2.33. The van der Waals surface area contributed by atoms with E-state index < -0.39 is 0 Å². The van der Waals surface area contributed by atoms with Crippen molar-refractivity contribution in [1.82, 2.24) is 5.32 Å². The van der Waals surface area contributed by atoms with E-state index in [0.29, 0.717) is 4.91 Å². The Kier molecular flexibility index (Phi) is 5.35. The second-order valence-electron chi connectivity index (χ2n) is 6.70. The summed E-state index contributed by atoms with van der Waals surface area (Å²) >= 11 is 4.46. The third-order valence-corrected chi connectivity index (χ3v) is 5.96. The van der Waals surface area contributed by atoms with Gasteiger partial charge in [-0.05, 0) is 64.3 Å². The number of ether oxygens (including phenoxy) is 1. The molecule has 0 radical (unpaired) electrons. The molecule has 0 aromatic heterocycles. The Labute approximate surface area is 154 Å². The summed E-state index contributed by atoms with van der Waals surface area (Å²) in [5.41, 5.74) is 1.11. The van der Waals surface area contributed by atoms with Crippen LogP contribution in [-0.2, 0) is 4.79 Å². The number of carbonyl (C=O) groups excluding carboxylic acids is 2. The molecule has 1 heterocycles. The first-order chi connectivity index (χ1) is 11.5. The van der Waals surface area contributed by atoms with Gasteiger partial charge < -0.3 is 4.74 Å². The third kappa shape index (κ3) is 4.22. The number of amides is 2. The van der Waals surface area contributed by atoms with E-state index in [1.54, 1.807) is 6.08 Å².